The highest BCUT2D eigenvalue weighted by molar-refractivity contribution is 8.18. The highest BCUT2D eigenvalue weighted by atomic mass is 32.2. The van der Waals surface area contributed by atoms with Crippen molar-refractivity contribution in [3.05, 3.63) is 22.9 Å². The topological polar surface area (TPSA) is 105 Å². The Morgan fingerprint density at radius 2 is 1.96 bits per heavy atom. The van der Waals surface area contributed by atoms with Gasteiger partial charge in [-0.05, 0) is 44.7 Å². The Labute approximate surface area is 161 Å². The second-order valence-corrected chi connectivity index (χ2v) is 8.10. The van der Waals surface area contributed by atoms with Crippen LogP contribution < -0.4 is 10.2 Å². The van der Waals surface area contributed by atoms with Gasteiger partial charge in [0.1, 0.15) is 5.60 Å². The molecule has 0 bridgehead atoms. The van der Waals surface area contributed by atoms with E-state index in [9.17, 15) is 14.4 Å². The van der Waals surface area contributed by atoms with E-state index in [-0.39, 0.29) is 6.09 Å². The van der Waals surface area contributed by atoms with Crippen LogP contribution in [0.25, 0.3) is 6.08 Å². The lowest BCUT2D eigenvalue weighted by molar-refractivity contribution is -0.115. The lowest BCUT2D eigenvalue weighted by Crippen LogP contribution is -2.50. The van der Waals surface area contributed by atoms with Gasteiger partial charge in [0.2, 0.25) is 5.95 Å². The summed E-state index contributed by atoms with van der Waals surface area (Å²) >= 11 is 0.847. The van der Waals surface area contributed by atoms with Crippen LogP contribution in [0.15, 0.2) is 17.2 Å². The molecule has 0 unspecified atom stereocenters. The van der Waals surface area contributed by atoms with Gasteiger partial charge in [0, 0.05) is 32.4 Å². The molecular formula is C17H21N5O4S. The first kappa shape index (κ1) is 19.2. The highest BCUT2D eigenvalue weighted by Gasteiger charge is 2.27. The Hall–Kier alpha value is -2.62. The molecule has 3 amide bonds. The molecule has 2 fully saturated rings. The van der Waals surface area contributed by atoms with Crippen molar-refractivity contribution in [1.29, 1.82) is 0 Å². The fraction of sp³-hybridized carbons (Fsp3) is 0.471. The zero-order valence-corrected chi connectivity index (χ0v) is 16.2. The lowest BCUT2D eigenvalue weighted by atomic mass is 10.2. The molecule has 3 rings (SSSR count). The van der Waals surface area contributed by atoms with E-state index in [4.69, 9.17) is 4.74 Å². The summed E-state index contributed by atoms with van der Waals surface area (Å²) in [7, 11) is 0. The van der Waals surface area contributed by atoms with Crippen LogP contribution in [0, 0.1) is 0 Å². The van der Waals surface area contributed by atoms with Gasteiger partial charge in [0.05, 0.1) is 10.6 Å². The quantitative estimate of drug-likeness (QED) is 0.762. The predicted molar refractivity (Wildman–Crippen MR) is 101 cm³/mol. The summed E-state index contributed by atoms with van der Waals surface area (Å²) in [6.07, 6.45) is 2.84. The molecule has 0 radical (unpaired) electrons. The normalized spacial score (nSPS) is 19.4. The van der Waals surface area contributed by atoms with Crippen molar-refractivity contribution in [3.63, 3.8) is 0 Å². The van der Waals surface area contributed by atoms with Crippen molar-refractivity contribution in [2.75, 3.05) is 31.1 Å². The minimum absolute atomic E-state index is 0.305. The fourth-order valence-electron chi connectivity index (χ4n) is 2.57. The first-order valence-electron chi connectivity index (χ1n) is 8.52. The predicted octanol–water partition coefficient (Wildman–Crippen LogP) is 1.86. The number of carbonyl (C=O) groups is 3. The number of hydrogen-bond acceptors (Lipinski definition) is 8. The van der Waals surface area contributed by atoms with Crippen molar-refractivity contribution < 1.29 is 19.1 Å². The number of rotatable bonds is 2. The molecule has 2 aliphatic heterocycles. The van der Waals surface area contributed by atoms with E-state index in [0.29, 0.717) is 42.7 Å². The highest BCUT2D eigenvalue weighted by Crippen LogP contribution is 2.25. The summed E-state index contributed by atoms with van der Waals surface area (Å²) in [5.74, 6) is 0.0963. The minimum Gasteiger partial charge on any atom is -0.444 e. The molecular weight excluding hydrogens is 370 g/mol. The second kappa shape index (κ2) is 7.55. The second-order valence-electron chi connectivity index (χ2n) is 7.09. The molecule has 10 heteroatoms. The maximum atomic E-state index is 12.1. The zero-order valence-electron chi connectivity index (χ0n) is 15.4. The number of imide groups is 1. The number of aromatic nitrogens is 2. The van der Waals surface area contributed by atoms with Crippen LogP contribution in [0.5, 0.6) is 0 Å². The molecule has 1 aromatic rings. The molecule has 2 aliphatic rings. The Morgan fingerprint density at radius 1 is 1.26 bits per heavy atom. The van der Waals surface area contributed by atoms with E-state index >= 15 is 0 Å². The summed E-state index contributed by atoms with van der Waals surface area (Å²) in [4.78, 5) is 47.7. The maximum Gasteiger partial charge on any atom is 0.410 e. The number of ether oxygens (including phenoxy) is 1. The lowest BCUT2D eigenvalue weighted by Gasteiger charge is -2.35. The fourth-order valence-corrected chi connectivity index (χ4v) is 3.23. The van der Waals surface area contributed by atoms with Gasteiger partial charge in [-0.2, -0.15) is 0 Å². The van der Waals surface area contributed by atoms with Crippen LogP contribution in [-0.4, -0.2) is 63.9 Å². The molecule has 0 saturated carbocycles. The van der Waals surface area contributed by atoms with Crippen molar-refractivity contribution in [2.24, 2.45) is 0 Å². The summed E-state index contributed by atoms with van der Waals surface area (Å²) in [6.45, 7) is 7.69. The molecule has 0 aromatic carbocycles. The molecule has 3 heterocycles. The van der Waals surface area contributed by atoms with Crippen LogP contribution >= 0.6 is 11.8 Å². The summed E-state index contributed by atoms with van der Waals surface area (Å²) in [6, 6.07) is 1.67. The molecule has 0 spiro atoms. The average molecular weight is 391 g/mol. The van der Waals surface area contributed by atoms with E-state index in [1.807, 2.05) is 25.7 Å². The van der Waals surface area contributed by atoms with Crippen molar-refractivity contribution in [3.8, 4) is 0 Å². The Balaban J connectivity index is 1.64. The monoisotopic (exact) mass is 391 g/mol. The van der Waals surface area contributed by atoms with Gasteiger partial charge in [-0.15, -0.1) is 0 Å². The van der Waals surface area contributed by atoms with Crippen LogP contribution in [0.2, 0.25) is 0 Å². The minimum atomic E-state index is -0.523. The smallest absolute Gasteiger partial charge is 0.410 e. The number of anilines is 1. The molecule has 1 N–H and O–H groups in total. The van der Waals surface area contributed by atoms with E-state index in [2.05, 4.69) is 15.3 Å². The van der Waals surface area contributed by atoms with E-state index in [1.165, 1.54) is 0 Å². The Morgan fingerprint density at radius 3 is 2.56 bits per heavy atom. The largest absolute Gasteiger partial charge is 0.444 e. The third kappa shape index (κ3) is 4.97. The third-order valence-electron chi connectivity index (χ3n) is 3.80. The van der Waals surface area contributed by atoms with Gasteiger partial charge in [0.25, 0.3) is 11.1 Å². The molecule has 2 saturated heterocycles. The molecule has 0 aliphatic carbocycles. The van der Waals surface area contributed by atoms with Crippen molar-refractivity contribution in [1.82, 2.24) is 20.2 Å². The maximum absolute atomic E-state index is 12.1. The van der Waals surface area contributed by atoms with Gasteiger partial charge in [-0.1, -0.05) is 0 Å². The van der Waals surface area contributed by atoms with Crippen molar-refractivity contribution >= 4 is 41.0 Å². The van der Waals surface area contributed by atoms with E-state index in [1.54, 1.807) is 23.2 Å². The number of nitrogens with zero attached hydrogens (tertiary/aromatic N) is 4. The number of carbonyl (C=O) groups excluding carboxylic acids is 3. The summed E-state index contributed by atoms with van der Waals surface area (Å²) < 4.78 is 5.39. The molecule has 1 aromatic heterocycles. The number of thioether (sulfide) groups is 1. The van der Waals surface area contributed by atoms with Crippen LogP contribution in [0.1, 0.15) is 26.5 Å². The molecule has 27 heavy (non-hydrogen) atoms. The van der Waals surface area contributed by atoms with Gasteiger partial charge in [-0.25, -0.2) is 14.8 Å². The van der Waals surface area contributed by atoms with Crippen LogP contribution in [-0.2, 0) is 9.53 Å². The molecule has 144 valence electrons. The van der Waals surface area contributed by atoms with Crippen molar-refractivity contribution in [2.45, 2.75) is 26.4 Å². The molecule has 0 atom stereocenters. The first-order chi connectivity index (χ1) is 12.7. The number of piperazine rings is 1. The summed E-state index contributed by atoms with van der Waals surface area (Å²) in [5.41, 5.74) is 0.0207. The van der Waals surface area contributed by atoms with Gasteiger partial charge < -0.3 is 14.5 Å². The van der Waals surface area contributed by atoms with Gasteiger partial charge in [0.15, 0.2) is 0 Å². The van der Waals surface area contributed by atoms with Crippen LogP contribution in [0.4, 0.5) is 15.5 Å². The van der Waals surface area contributed by atoms with E-state index < -0.39 is 16.7 Å². The van der Waals surface area contributed by atoms with Crippen LogP contribution in [0.3, 0.4) is 0 Å². The third-order valence-corrected chi connectivity index (χ3v) is 4.61. The number of hydrogen-bond donors (Lipinski definition) is 1. The summed E-state index contributed by atoms with van der Waals surface area (Å²) in [5, 5.41) is 1.82. The Kier molecular flexibility index (Phi) is 5.36. The molecule has 9 nitrogen and oxygen atoms in total. The standard InChI is InChI=1S/C17H21N5O4S/c1-17(2,3)26-16(25)22-8-6-21(7-9-22)14-18-5-4-11(19-14)10-12-13(23)20-15(24)27-12/h4-5,10H,6-9H2,1-3H3,(H,20,23,24). The average Bonchev–Trinajstić information content (AvgIpc) is 2.91. The SMILES string of the molecule is CC(C)(C)OC(=O)N1CCN(c2nccc(C=C3SC(=O)NC3=O)n2)CC1. The Bertz CT molecular complexity index is 797. The zero-order chi connectivity index (χ0) is 19.6. The number of nitrogens with one attached hydrogen (secondary N) is 1. The first-order valence-corrected chi connectivity index (χ1v) is 9.34. The van der Waals surface area contributed by atoms with Gasteiger partial charge >= 0.3 is 6.09 Å². The van der Waals surface area contributed by atoms with Gasteiger partial charge in [-0.3, -0.25) is 14.9 Å². The van der Waals surface area contributed by atoms with E-state index in [0.717, 1.165) is 11.8 Å². The number of amides is 3.